The van der Waals surface area contributed by atoms with Crippen LogP contribution in [-0.4, -0.2) is 37.1 Å². The van der Waals surface area contributed by atoms with Crippen LogP contribution in [-0.2, 0) is 6.42 Å². The van der Waals surface area contributed by atoms with Crippen molar-refractivity contribution in [2.75, 3.05) is 26.2 Å². The van der Waals surface area contributed by atoms with Crippen LogP contribution in [0.5, 0.6) is 0 Å². The lowest BCUT2D eigenvalue weighted by atomic mass is 10.1. The third kappa shape index (κ3) is 4.79. The van der Waals surface area contributed by atoms with Crippen molar-refractivity contribution in [3.63, 3.8) is 0 Å². The SMILES string of the molecule is CC(Cc1ccccc1)NCCN1CCCCC1. The largest absolute Gasteiger partial charge is 0.313 e. The van der Waals surface area contributed by atoms with E-state index in [1.165, 1.54) is 44.5 Å². The highest BCUT2D eigenvalue weighted by atomic mass is 15.1. The van der Waals surface area contributed by atoms with Gasteiger partial charge in [-0.1, -0.05) is 36.8 Å². The quantitative estimate of drug-likeness (QED) is 0.830. The van der Waals surface area contributed by atoms with E-state index in [1.807, 2.05) is 0 Å². The molecule has 0 radical (unpaired) electrons. The van der Waals surface area contributed by atoms with Crippen molar-refractivity contribution in [1.29, 1.82) is 0 Å². The molecule has 0 saturated carbocycles. The van der Waals surface area contributed by atoms with Crippen molar-refractivity contribution in [2.45, 2.75) is 38.6 Å². The second kappa shape index (κ2) is 7.55. The highest BCUT2D eigenvalue weighted by Gasteiger charge is 2.09. The van der Waals surface area contributed by atoms with Crippen LogP contribution in [0.2, 0.25) is 0 Å². The highest BCUT2D eigenvalue weighted by molar-refractivity contribution is 5.15. The van der Waals surface area contributed by atoms with Crippen molar-refractivity contribution in [3.05, 3.63) is 35.9 Å². The number of benzene rings is 1. The molecular formula is C16H26N2. The van der Waals surface area contributed by atoms with Crippen LogP contribution in [0.25, 0.3) is 0 Å². The number of nitrogens with zero attached hydrogens (tertiary/aromatic N) is 1. The Morgan fingerprint density at radius 1 is 1.11 bits per heavy atom. The van der Waals surface area contributed by atoms with Gasteiger partial charge in [-0.05, 0) is 44.8 Å². The smallest absolute Gasteiger partial charge is 0.0107 e. The van der Waals surface area contributed by atoms with E-state index in [-0.39, 0.29) is 0 Å². The van der Waals surface area contributed by atoms with Crippen LogP contribution in [0.3, 0.4) is 0 Å². The second-order valence-electron chi connectivity index (χ2n) is 5.45. The van der Waals surface area contributed by atoms with E-state index in [2.05, 4.69) is 47.5 Å². The Kier molecular flexibility index (Phi) is 5.69. The van der Waals surface area contributed by atoms with E-state index in [0.29, 0.717) is 6.04 Å². The number of hydrogen-bond donors (Lipinski definition) is 1. The van der Waals surface area contributed by atoms with Gasteiger partial charge in [0.2, 0.25) is 0 Å². The predicted molar refractivity (Wildman–Crippen MR) is 77.9 cm³/mol. The summed E-state index contributed by atoms with van der Waals surface area (Å²) in [6, 6.07) is 11.3. The summed E-state index contributed by atoms with van der Waals surface area (Å²) in [7, 11) is 0. The van der Waals surface area contributed by atoms with E-state index in [0.717, 1.165) is 13.0 Å². The molecule has 1 aromatic rings. The monoisotopic (exact) mass is 246 g/mol. The Hall–Kier alpha value is -0.860. The molecule has 1 atom stereocenters. The first-order valence-corrected chi connectivity index (χ1v) is 7.34. The topological polar surface area (TPSA) is 15.3 Å². The minimum absolute atomic E-state index is 0.567. The van der Waals surface area contributed by atoms with E-state index in [1.54, 1.807) is 0 Å². The number of likely N-dealkylation sites (tertiary alicyclic amines) is 1. The lowest BCUT2D eigenvalue weighted by molar-refractivity contribution is 0.226. The number of rotatable bonds is 6. The lowest BCUT2D eigenvalue weighted by Gasteiger charge is -2.27. The average Bonchev–Trinajstić information content (AvgIpc) is 2.41. The third-order valence-corrected chi connectivity index (χ3v) is 3.75. The molecule has 0 amide bonds. The van der Waals surface area contributed by atoms with Gasteiger partial charge < -0.3 is 10.2 Å². The number of nitrogens with one attached hydrogen (secondary N) is 1. The summed E-state index contributed by atoms with van der Waals surface area (Å²) in [6.07, 6.45) is 5.33. The van der Waals surface area contributed by atoms with E-state index >= 15 is 0 Å². The van der Waals surface area contributed by atoms with Crippen molar-refractivity contribution in [3.8, 4) is 0 Å². The van der Waals surface area contributed by atoms with Gasteiger partial charge in [-0.2, -0.15) is 0 Å². The normalized spacial score (nSPS) is 18.7. The molecule has 100 valence electrons. The van der Waals surface area contributed by atoms with Gasteiger partial charge in [0.05, 0.1) is 0 Å². The van der Waals surface area contributed by atoms with Crippen LogP contribution in [0, 0.1) is 0 Å². The maximum absolute atomic E-state index is 3.64. The molecular weight excluding hydrogens is 220 g/mol. The summed E-state index contributed by atoms with van der Waals surface area (Å²) in [6.45, 7) is 7.21. The molecule has 0 bridgehead atoms. The van der Waals surface area contributed by atoms with E-state index < -0.39 is 0 Å². The van der Waals surface area contributed by atoms with Gasteiger partial charge in [0.15, 0.2) is 0 Å². The molecule has 18 heavy (non-hydrogen) atoms. The first-order chi connectivity index (χ1) is 8.84. The van der Waals surface area contributed by atoms with Crippen molar-refractivity contribution >= 4 is 0 Å². The minimum Gasteiger partial charge on any atom is -0.313 e. The van der Waals surface area contributed by atoms with Crippen molar-refractivity contribution in [1.82, 2.24) is 10.2 Å². The minimum atomic E-state index is 0.567. The molecule has 0 aromatic heterocycles. The summed E-state index contributed by atoms with van der Waals surface area (Å²) in [5.41, 5.74) is 1.43. The summed E-state index contributed by atoms with van der Waals surface area (Å²) >= 11 is 0. The molecule has 2 heteroatoms. The maximum atomic E-state index is 3.64. The van der Waals surface area contributed by atoms with Crippen LogP contribution >= 0.6 is 0 Å². The van der Waals surface area contributed by atoms with Gasteiger partial charge in [-0.15, -0.1) is 0 Å². The van der Waals surface area contributed by atoms with Gasteiger partial charge in [0.1, 0.15) is 0 Å². The zero-order chi connectivity index (χ0) is 12.6. The summed E-state index contributed by atoms with van der Waals surface area (Å²) in [5, 5.41) is 3.64. The van der Waals surface area contributed by atoms with Crippen LogP contribution < -0.4 is 5.32 Å². The molecule has 2 nitrogen and oxygen atoms in total. The van der Waals surface area contributed by atoms with Crippen LogP contribution in [0.4, 0.5) is 0 Å². The van der Waals surface area contributed by atoms with E-state index in [9.17, 15) is 0 Å². The molecule has 1 aromatic carbocycles. The van der Waals surface area contributed by atoms with E-state index in [4.69, 9.17) is 0 Å². The molecule has 1 fully saturated rings. The Balaban J connectivity index is 1.61. The average molecular weight is 246 g/mol. The fraction of sp³-hybridized carbons (Fsp3) is 0.625. The summed E-state index contributed by atoms with van der Waals surface area (Å²) in [4.78, 5) is 2.59. The summed E-state index contributed by atoms with van der Waals surface area (Å²) in [5.74, 6) is 0. The van der Waals surface area contributed by atoms with Gasteiger partial charge in [0, 0.05) is 19.1 Å². The second-order valence-corrected chi connectivity index (χ2v) is 5.45. The zero-order valence-corrected chi connectivity index (χ0v) is 11.6. The Morgan fingerprint density at radius 3 is 2.56 bits per heavy atom. The molecule has 1 heterocycles. The fourth-order valence-corrected chi connectivity index (χ4v) is 2.69. The molecule has 1 saturated heterocycles. The Morgan fingerprint density at radius 2 is 1.83 bits per heavy atom. The molecule has 1 N–H and O–H groups in total. The Labute approximate surface area is 111 Å². The molecule has 1 unspecified atom stereocenters. The lowest BCUT2D eigenvalue weighted by Crippen LogP contribution is -2.39. The fourth-order valence-electron chi connectivity index (χ4n) is 2.69. The number of hydrogen-bond acceptors (Lipinski definition) is 2. The molecule has 2 rings (SSSR count). The molecule has 1 aliphatic rings. The number of piperidine rings is 1. The third-order valence-electron chi connectivity index (χ3n) is 3.75. The van der Waals surface area contributed by atoms with Crippen molar-refractivity contribution < 1.29 is 0 Å². The highest BCUT2D eigenvalue weighted by Crippen LogP contribution is 2.07. The zero-order valence-electron chi connectivity index (χ0n) is 11.6. The van der Waals surface area contributed by atoms with Gasteiger partial charge in [-0.25, -0.2) is 0 Å². The maximum Gasteiger partial charge on any atom is 0.0107 e. The predicted octanol–water partition coefficient (Wildman–Crippen LogP) is 2.69. The van der Waals surface area contributed by atoms with Gasteiger partial charge in [0.25, 0.3) is 0 Å². The summed E-state index contributed by atoms with van der Waals surface area (Å²) < 4.78 is 0. The Bertz CT molecular complexity index is 317. The first-order valence-electron chi connectivity index (χ1n) is 7.34. The van der Waals surface area contributed by atoms with Crippen LogP contribution in [0.15, 0.2) is 30.3 Å². The van der Waals surface area contributed by atoms with Gasteiger partial charge >= 0.3 is 0 Å². The molecule has 0 aliphatic carbocycles. The standard InChI is InChI=1S/C16H26N2/c1-15(14-16-8-4-2-5-9-16)17-10-13-18-11-6-3-7-12-18/h2,4-5,8-9,15,17H,3,6-7,10-14H2,1H3. The van der Waals surface area contributed by atoms with Gasteiger partial charge in [-0.3, -0.25) is 0 Å². The molecule has 0 spiro atoms. The first kappa shape index (κ1) is 13.6. The van der Waals surface area contributed by atoms with Crippen LogP contribution in [0.1, 0.15) is 31.7 Å². The molecule has 1 aliphatic heterocycles. The van der Waals surface area contributed by atoms with Crippen molar-refractivity contribution in [2.24, 2.45) is 0 Å².